The van der Waals surface area contributed by atoms with Crippen LogP contribution < -0.4 is 0 Å². The van der Waals surface area contributed by atoms with Crippen molar-refractivity contribution in [3.05, 3.63) is 0 Å². The summed E-state index contributed by atoms with van der Waals surface area (Å²) in [6.07, 6.45) is 2.48. The second-order valence-electron chi connectivity index (χ2n) is 3.08. The molecule has 1 saturated heterocycles. The highest BCUT2D eigenvalue weighted by atomic mass is 16.3. The molecule has 3 heteroatoms. The van der Waals surface area contributed by atoms with E-state index in [2.05, 4.69) is 11.8 Å². The van der Waals surface area contributed by atoms with E-state index in [1.165, 1.54) is 19.4 Å². The van der Waals surface area contributed by atoms with E-state index in [1.54, 1.807) is 0 Å². The van der Waals surface area contributed by atoms with Crippen LogP contribution in [0.3, 0.4) is 0 Å². The fourth-order valence-corrected chi connectivity index (χ4v) is 1.59. The Hall–Kier alpha value is -0.120. The van der Waals surface area contributed by atoms with Crippen LogP contribution in [0.1, 0.15) is 19.8 Å². The van der Waals surface area contributed by atoms with Crippen molar-refractivity contribution in [2.75, 3.05) is 33.4 Å². The molecule has 3 nitrogen and oxygen atoms in total. The highest BCUT2D eigenvalue weighted by Gasteiger charge is 2.16. The number of piperidine rings is 1. The summed E-state index contributed by atoms with van der Waals surface area (Å²) in [7, 11) is 1.00. The van der Waals surface area contributed by atoms with E-state index in [4.69, 9.17) is 10.2 Å². The summed E-state index contributed by atoms with van der Waals surface area (Å²) in [5, 5.41) is 15.9. The highest BCUT2D eigenvalue weighted by molar-refractivity contribution is 4.70. The van der Waals surface area contributed by atoms with Gasteiger partial charge in [0.05, 0.1) is 0 Å². The Morgan fingerprint density at radius 3 is 2.58 bits per heavy atom. The minimum Gasteiger partial charge on any atom is -0.400 e. The Balaban J connectivity index is 0.000000561. The normalized spacial score (nSPS) is 24.5. The minimum absolute atomic E-state index is 0.372. The van der Waals surface area contributed by atoms with Gasteiger partial charge in [0.15, 0.2) is 0 Å². The molecular formula is C9H21NO2. The van der Waals surface area contributed by atoms with Crippen molar-refractivity contribution < 1.29 is 10.2 Å². The van der Waals surface area contributed by atoms with Crippen molar-refractivity contribution >= 4 is 0 Å². The van der Waals surface area contributed by atoms with Gasteiger partial charge in [0.25, 0.3) is 0 Å². The van der Waals surface area contributed by atoms with Crippen LogP contribution in [0.5, 0.6) is 0 Å². The Morgan fingerprint density at radius 1 is 1.42 bits per heavy atom. The lowest BCUT2D eigenvalue weighted by atomic mass is 9.99. The lowest BCUT2D eigenvalue weighted by Crippen LogP contribution is -2.36. The van der Waals surface area contributed by atoms with Crippen molar-refractivity contribution in [2.24, 2.45) is 5.92 Å². The average Bonchev–Trinajstić information content (AvgIpc) is 2.21. The summed E-state index contributed by atoms with van der Waals surface area (Å²) < 4.78 is 0. The molecule has 0 aromatic heterocycles. The van der Waals surface area contributed by atoms with E-state index in [9.17, 15) is 0 Å². The van der Waals surface area contributed by atoms with Gasteiger partial charge in [0, 0.05) is 20.3 Å². The molecule has 1 aliphatic rings. The van der Waals surface area contributed by atoms with Crippen molar-refractivity contribution in [3.63, 3.8) is 0 Å². The van der Waals surface area contributed by atoms with Gasteiger partial charge in [-0.05, 0) is 31.8 Å². The second-order valence-corrected chi connectivity index (χ2v) is 3.08. The summed E-state index contributed by atoms with van der Waals surface area (Å²) in [6.45, 7) is 6.02. The molecule has 0 spiro atoms. The van der Waals surface area contributed by atoms with Gasteiger partial charge in [0.1, 0.15) is 0 Å². The number of rotatable bonds is 2. The van der Waals surface area contributed by atoms with Crippen LogP contribution in [0.15, 0.2) is 0 Å². The van der Waals surface area contributed by atoms with Gasteiger partial charge in [-0.15, -0.1) is 0 Å². The first-order valence-electron chi connectivity index (χ1n) is 4.64. The van der Waals surface area contributed by atoms with Crippen molar-refractivity contribution in [1.29, 1.82) is 0 Å². The molecule has 1 atom stereocenters. The maximum atomic E-state index is 8.88. The van der Waals surface area contributed by atoms with Crippen LogP contribution in [0.25, 0.3) is 0 Å². The number of nitrogens with zero attached hydrogens (tertiary/aromatic N) is 1. The Labute approximate surface area is 75.0 Å². The number of likely N-dealkylation sites (tertiary alicyclic amines) is 1. The minimum atomic E-state index is 0.372. The SMILES string of the molecule is CCN1CCCC(CO)C1.CO. The molecule has 2 N–H and O–H groups in total. The number of aliphatic hydroxyl groups excluding tert-OH is 2. The van der Waals surface area contributed by atoms with E-state index >= 15 is 0 Å². The van der Waals surface area contributed by atoms with Gasteiger partial charge < -0.3 is 15.1 Å². The van der Waals surface area contributed by atoms with E-state index in [0.29, 0.717) is 12.5 Å². The first kappa shape index (κ1) is 11.9. The third-order valence-corrected chi connectivity index (χ3v) is 2.31. The quantitative estimate of drug-likeness (QED) is 0.635. The van der Waals surface area contributed by atoms with Gasteiger partial charge >= 0.3 is 0 Å². The maximum Gasteiger partial charge on any atom is 0.0471 e. The number of hydrogen-bond donors (Lipinski definition) is 2. The molecule has 0 radical (unpaired) electrons. The van der Waals surface area contributed by atoms with Gasteiger partial charge in [0.2, 0.25) is 0 Å². The molecule has 0 aliphatic carbocycles. The van der Waals surface area contributed by atoms with Crippen LogP contribution >= 0.6 is 0 Å². The van der Waals surface area contributed by atoms with Gasteiger partial charge in [-0.3, -0.25) is 0 Å². The third kappa shape index (κ3) is 4.04. The Bertz CT molecular complexity index is 88.5. The molecule has 1 aliphatic heterocycles. The first-order chi connectivity index (χ1) is 5.86. The van der Waals surface area contributed by atoms with Gasteiger partial charge in [-0.1, -0.05) is 6.92 Å². The maximum absolute atomic E-state index is 8.88. The molecule has 0 amide bonds. The van der Waals surface area contributed by atoms with Crippen molar-refractivity contribution in [3.8, 4) is 0 Å². The fraction of sp³-hybridized carbons (Fsp3) is 1.00. The second kappa shape index (κ2) is 7.53. The van der Waals surface area contributed by atoms with Crippen LogP contribution in [0, 0.1) is 5.92 Å². The molecule has 74 valence electrons. The summed E-state index contributed by atoms with van der Waals surface area (Å²) in [6, 6.07) is 0. The van der Waals surface area contributed by atoms with E-state index in [1.807, 2.05) is 0 Å². The molecule has 1 heterocycles. The molecule has 1 fully saturated rings. The van der Waals surface area contributed by atoms with Gasteiger partial charge in [-0.25, -0.2) is 0 Å². The highest BCUT2D eigenvalue weighted by Crippen LogP contribution is 2.14. The fourth-order valence-electron chi connectivity index (χ4n) is 1.59. The zero-order valence-electron chi connectivity index (χ0n) is 8.16. The molecule has 0 saturated carbocycles. The van der Waals surface area contributed by atoms with Crippen molar-refractivity contribution in [2.45, 2.75) is 19.8 Å². The van der Waals surface area contributed by atoms with Crippen LogP contribution in [0.4, 0.5) is 0 Å². The number of aliphatic hydroxyl groups is 2. The van der Waals surface area contributed by atoms with Crippen LogP contribution in [-0.4, -0.2) is 48.5 Å². The van der Waals surface area contributed by atoms with E-state index in [-0.39, 0.29) is 0 Å². The molecule has 12 heavy (non-hydrogen) atoms. The Morgan fingerprint density at radius 2 is 2.08 bits per heavy atom. The zero-order valence-corrected chi connectivity index (χ0v) is 8.16. The molecule has 0 bridgehead atoms. The first-order valence-corrected chi connectivity index (χ1v) is 4.64. The molecule has 0 aromatic rings. The third-order valence-electron chi connectivity index (χ3n) is 2.31. The largest absolute Gasteiger partial charge is 0.400 e. The average molecular weight is 175 g/mol. The van der Waals surface area contributed by atoms with E-state index < -0.39 is 0 Å². The lowest BCUT2D eigenvalue weighted by molar-refractivity contribution is 0.125. The van der Waals surface area contributed by atoms with Gasteiger partial charge in [-0.2, -0.15) is 0 Å². The summed E-state index contributed by atoms with van der Waals surface area (Å²) >= 11 is 0. The topological polar surface area (TPSA) is 43.7 Å². The molecule has 1 unspecified atom stereocenters. The smallest absolute Gasteiger partial charge is 0.0471 e. The molecular weight excluding hydrogens is 154 g/mol. The lowest BCUT2D eigenvalue weighted by Gasteiger charge is -2.30. The monoisotopic (exact) mass is 175 g/mol. The summed E-state index contributed by atoms with van der Waals surface area (Å²) in [5.41, 5.74) is 0. The van der Waals surface area contributed by atoms with Crippen molar-refractivity contribution in [1.82, 2.24) is 4.90 Å². The summed E-state index contributed by atoms with van der Waals surface area (Å²) in [5.74, 6) is 0.550. The molecule has 1 rings (SSSR count). The predicted octanol–water partition coefficient (Wildman–Crippen LogP) is 0.319. The number of hydrogen-bond acceptors (Lipinski definition) is 3. The standard InChI is InChI=1S/C8H17NO.CH4O/c1-2-9-5-3-4-8(6-9)7-10;1-2/h8,10H,2-7H2,1H3;2H,1H3. The van der Waals surface area contributed by atoms with Crippen LogP contribution in [-0.2, 0) is 0 Å². The summed E-state index contributed by atoms with van der Waals surface area (Å²) in [4.78, 5) is 2.41. The molecule has 0 aromatic carbocycles. The van der Waals surface area contributed by atoms with Crippen LogP contribution in [0.2, 0.25) is 0 Å². The predicted molar refractivity (Wildman–Crippen MR) is 50.1 cm³/mol. The Kier molecular flexibility index (Phi) is 7.45. The van der Waals surface area contributed by atoms with E-state index in [0.717, 1.165) is 20.2 Å². The zero-order chi connectivity index (χ0) is 9.40.